The van der Waals surface area contributed by atoms with Crippen LogP contribution < -0.4 is 0 Å². The molecule has 0 N–H and O–H groups in total. The number of rotatable bonds is 8. The van der Waals surface area contributed by atoms with E-state index in [0.717, 1.165) is 0 Å². The van der Waals surface area contributed by atoms with Crippen LogP contribution in [-0.2, 0) is 14.8 Å². The lowest BCUT2D eigenvalue weighted by Crippen LogP contribution is -2.36. The van der Waals surface area contributed by atoms with Gasteiger partial charge in [-0.05, 0) is 0 Å². The lowest BCUT2D eigenvalue weighted by molar-refractivity contribution is 0.179. The molecule has 0 aliphatic heterocycles. The van der Waals surface area contributed by atoms with Crippen molar-refractivity contribution in [3.05, 3.63) is 0 Å². The van der Waals surface area contributed by atoms with Crippen molar-refractivity contribution in [1.82, 2.24) is 4.31 Å². The van der Waals surface area contributed by atoms with E-state index in [-0.39, 0.29) is 31.1 Å². The van der Waals surface area contributed by atoms with Gasteiger partial charge in [-0.1, -0.05) is 0 Å². The van der Waals surface area contributed by atoms with Crippen molar-refractivity contribution >= 4 is 21.6 Å². The highest BCUT2D eigenvalue weighted by Gasteiger charge is 2.20. The summed E-state index contributed by atoms with van der Waals surface area (Å²) in [5.41, 5.74) is 0. The van der Waals surface area contributed by atoms with Gasteiger partial charge in [0.1, 0.15) is 0 Å². The minimum absolute atomic E-state index is 0.0539. The normalized spacial score (nSPS) is 11.6. The molecule has 0 saturated carbocycles. The van der Waals surface area contributed by atoms with Gasteiger partial charge < -0.3 is 4.74 Å². The van der Waals surface area contributed by atoms with E-state index >= 15 is 0 Å². The molecule has 0 spiro atoms. The van der Waals surface area contributed by atoms with E-state index in [4.69, 9.17) is 21.6 Å². The molecule has 0 aliphatic carbocycles. The van der Waals surface area contributed by atoms with Crippen molar-refractivity contribution < 1.29 is 13.2 Å². The average Bonchev–Trinajstić information content (AvgIpc) is 2.17. The third kappa shape index (κ3) is 5.95. The van der Waals surface area contributed by atoms with E-state index in [1.807, 2.05) is 6.07 Å². The number of halogens is 1. The standard InChI is InChI=1S/C8H15ClN2O3S/c1-14-7-6-11(5-2-4-10)15(12,13)8-3-9/h2-3,5-8H2,1H3. The number of ether oxygens (including phenoxy) is 1. The largest absolute Gasteiger partial charge is 0.383 e. The van der Waals surface area contributed by atoms with Crippen LogP contribution in [0.5, 0.6) is 0 Å². The zero-order valence-corrected chi connectivity index (χ0v) is 10.2. The van der Waals surface area contributed by atoms with Crippen LogP contribution in [0.3, 0.4) is 0 Å². The van der Waals surface area contributed by atoms with Gasteiger partial charge in [0.15, 0.2) is 0 Å². The van der Waals surface area contributed by atoms with Crippen molar-refractivity contribution in [3.63, 3.8) is 0 Å². The topological polar surface area (TPSA) is 70.4 Å². The molecule has 0 fully saturated rings. The zero-order valence-electron chi connectivity index (χ0n) is 8.65. The third-order valence-electron chi connectivity index (χ3n) is 1.75. The molecule has 0 saturated heterocycles. The van der Waals surface area contributed by atoms with Gasteiger partial charge in [-0.2, -0.15) is 9.57 Å². The molecule has 0 bridgehead atoms. The summed E-state index contributed by atoms with van der Waals surface area (Å²) in [7, 11) is -1.85. The summed E-state index contributed by atoms with van der Waals surface area (Å²) in [4.78, 5) is 0. The van der Waals surface area contributed by atoms with Crippen LogP contribution in [0.25, 0.3) is 0 Å². The second kappa shape index (κ2) is 7.88. The first-order valence-corrected chi connectivity index (χ1v) is 6.62. The van der Waals surface area contributed by atoms with Crippen molar-refractivity contribution in [2.45, 2.75) is 6.42 Å². The second-order valence-electron chi connectivity index (χ2n) is 2.80. The molecule has 0 aromatic carbocycles. The lowest BCUT2D eigenvalue weighted by Gasteiger charge is -2.19. The summed E-state index contributed by atoms with van der Waals surface area (Å²) in [6.07, 6.45) is 0.172. The van der Waals surface area contributed by atoms with Crippen LogP contribution in [0.1, 0.15) is 6.42 Å². The molecule has 88 valence electrons. The van der Waals surface area contributed by atoms with E-state index in [1.54, 1.807) is 0 Å². The fourth-order valence-electron chi connectivity index (χ4n) is 0.984. The Morgan fingerprint density at radius 1 is 1.47 bits per heavy atom. The van der Waals surface area contributed by atoms with Crippen LogP contribution in [0.2, 0.25) is 0 Å². The minimum Gasteiger partial charge on any atom is -0.383 e. The Bertz CT molecular complexity index is 299. The van der Waals surface area contributed by atoms with Crippen molar-refractivity contribution in [1.29, 1.82) is 5.26 Å². The van der Waals surface area contributed by atoms with Gasteiger partial charge in [0.05, 0.1) is 18.4 Å². The van der Waals surface area contributed by atoms with Gasteiger partial charge in [0.2, 0.25) is 10.0 Å². The van der Waals surface area contributed by atoms with Crippen molar-refractivity contribution in [3.8, 4) is 6.07 Å². The average molecular weight is 255 g/mol. The van der Waals surface area contributed by atoms with Crippen molar-refractivity contribution in [2.75, 3.05) is 38.4 Å². The Morgan fingerprint density at radius 3 is 2.60 bits per heavy atom. The first-order valence-electron chi connectivity index (χ1n) is 4.48. The molecule has 0 atom stereocenters. The number of nitrogens with zero attached hydrogens (tertiary/aromatic N) is 2. The maximum atomic E-state index is 11.6. The van der Waals surface area contributed by atoms with Crippen LogP contribution in [0.15, 0.2) is 0 Å². The van der Waals surface area contributed by atoms with Gasteiger partial charge in [0.25, 0.3) is 0 Å². The molecule has 0 heterocycles. The number of hydrogen-bond acceptors (Lipinski definition) is 4. The first-order chi connectivity index (χ1) is 7.08. The minimum atomic E-state index is -3.35. The number of hydrogen-bond donors (Lipinski definition) is 0. The Balaban J connectivity index is 4.40. The molecular formula is C8H15ClN2O3S. The molecule has 5 nitrogen and oxygen atoms in total. The van der Waals surface area contributed by atoms with Crippen LogP contribution in [0, 0.1) is 11.3 Å². The molecule has 7 heteroatoms. The summed E-state index contributed by atoms with van der Waals surface area (Å²) in [6.45, 7) is 0.767. The smallest absolute Gasteiger partial charge is 0.215 e. The monoisotopic (exact) mass is 254 g/mol. The van der Waals surface area contributed by atoms with Crippen LogP contribution in [-0.4, -0.2) is 51.2 Å². The third-order valence-corrected chi connectivity index (χ3v) is 4.03. The molecule has 0 aliphatic rings. The Kier molecular flexibility index (Phi) is 7.70. The number of sulfonamides is 1. The Hall–Kier alpha value is -0.350. The quantitative estimate of drug-likeness (QED) is 0.589. The first kappa shape index (κ1) is 14.6. The fourth-order valence-corrected chi connectivity index (χ4v) is 2.74. The maximum absolute atomic E-state index is 11.6. The second-order valence-corrected chi connectivity index (χ2v) is 5.27. The summed E-state index contributed by atoms with van der Waals surface area (Å²) in [5, 5.41) is 8.41. The van der Waals surface area contributed by atoms with E-state index in [9.17, 15) is 8.42 Å². The predicted molar refractivity (Wildman–Crippen MR) is 58.2 cm³/mol. The summed E-state index contributed by atoms with van der Waals surface area (Å²) >= 11 is 5.40. The van der Waals surface area contributed by atoms with Gasteiger partial charge in [-0.3, -0.25) is 0 Å². The van der Waals surface area contributed by atoms with E-state index in [0.29, 0.717) is 6.61 Å². The predicted octanol–water partition coefficient (Wildman–Crippen LogP) is 0.417. The van der Waals surface area contributed by atoms with Gasteiger partial charge >= 0.3 is 0 Å². The molecule has 0 aromatic rings. The van der Waals surface area contributed by atoms with Gasteiger partial charge in [0, 0.05) is 32.5 Å². The highest BCUT2D eigenvalue weighted by atomic mass is 35.5. The maximum Gasteiger partial charge on any atom is 0.215 e. The Labute approximate surface area is 95.6 Å². The highest BCUT2D eigenvalue weighted by molar-refractivity contribution is 7.89. The number of nitriles is 1. The van der Waals surface area contributed by atoms with Crippen molar-refractivity contribution in [2.24, 2.45) is 0 Å². The van der Waals surface area contributed by atoms with E-state index in [1.165, 1.54) is 11.4 Å². The molecular weight excluding hydrogens is 240 g/mol. The molecule has 0 amide bonds. The molecule has 0 aromatic heterocycles. The Morgan fingerprint density at radius 2 is 2.13 bits per heavy atom. The lowest BCUT2D eigenvalue weighted by atomic mass is 10.4. The fraction of sp³-hybridized carbons (Fsp3) is 0.875. The summed E-state index contributed by atoms with van der Waals surface area (Å²) in [6, 6.07) is 1.91. The van der Waals surface area contributed by atoms with Crippen LogP contribution in [0.4, 0.5) is 0 Å². The van der Waals surface area contributed by atoms with Crippen LogP contribution >= 0.6 is 11.6 Å². The highest BCUT2D eigenvalue weighted by Crippen LogP contribution is 2.03. The SMILES string of the molecule is COCCN(CCC#N)S(=O)(=O)CCCl. The van der Waals surface area contributed by atoms with E-state index < -0.39 is 10.0 Å². The molecule has 0 unspecified atom stereocenters. The summed E-state index contributed by atoms with van der Waals surface area (Å²) in [5.74, 6) is -0.0535. The number of methoxy groups -OCH3 is 1. The number of alkyl halides is 1. The van der Waals surface area contributed by atoms with Gasteiger partial charge in [-0.25, -0.2) is 8.42 Å². The summed E-state index contributed by atoms with van der Waals surface area (Å²) < 4.78 is 29.3. The van der Waals surface area contributed by atoms with E-state index in [2.05, 4.69) is 0 Å². The molecule has 0 rings (SSSR count). The zero-order chi connectivity index (χ0) is 11.7. The van der Waals surface area contributed by atoms with Gasteiger partial charge in [-0.15, -0.1) is 11.6 Å². The molecule has 15 heavy (non-hydrogen) atoms. The molecule has 0 radical (unpaired) electrons.